The second-order valence-corrected chi connectivity index (χ2v) is 5.97. The Morgan fingerprint density at radius 3 is 2.52 bits per heavy atom. The zero-order chi connectivity index (χ0) is 17.6. The molecule has 0 bridgehead atoms. The number of nitrogens with one attached hydrogen (secondary N) is 1. The molecule has 0 unspecified atom stereocenters. The zero-order valence-corrected chi connectivity index (χ0v) is 14.1. The SMILES string of the molecule is CNC(=O)c1ccc(/C=C/C(=O)N2CCC(n3cncn3)CC2)cc1. The molecule has 0 aliphatic carbocycles. The highest BCUT2D eigenvalue weighted by molar-refractivity contribution is 5.94. The monoisotopic (exact) mass is 339 g/mol. The third kappa shape index (κ3) is 4.12. The highest BCUT2D eigenvalue weighted by Gasteiger charge is 2.22. The molecule has 1 aromatic heterocycles. The first-order chi connectivity index (χ1) is 12.2. The van der Waals surface area contributed by atoms with Crippen molar-refractivity contribution in [1.29, 1.82) is 0 Å². The number of aromatic nitrogens is 3. The Kier molecular flexibility index (Phi) is 5.23. The predicted octanol–water partition coefficient (Wildman–Crippen LogP) is 1.51. The number of amides is 2. The Labute approximate surface area is 146 Å². The largest absolute Gasteiger partial charge is 0.355 e. The smallest absolute Gasteiger partial charge is 0.251 e. The topological polar surface area (TPSA) is 80.1 Å². The molecule has 130 valence electrons. The Morgan fingerprint density at radius 1 is 1.20 bits per heavy atom. The minimum absolute atomic E-state index is 0.00687. The second kappa shape index (κ2) is 7.74. The fourth-order valence-corrected chi connectivity index (χ4v) is 2.92. The number of benzene rings is 1. The van der Waals surface area contributed by atoms with E-state index < -0.39 is 0 Å². The van der Waals surface area contributed by atoms with Crippen molar-refractivity contribution in [3.63, 3.8) is 0 Å². The molecular formula is C18H21N5O2. The molecule has 7 nitrogen and oxygen atoms in total. The summed E-state index contributed by atoms with van der Waals surface area (Å²) in [5.41, 5.74) is 1.49. The van der Waals surface area contributed by atoms with Crippen molar-refractivity contribution < 1.29 is 9.59 Å². The fraction of sp³-hybridized carbons (Fsp3) is 0.333. The van der Waals surface area contributed by atoms with Gasteiger partial charge in [0.15, 0.2) is 0 Å². The summed E-state index contributed by atoms with van der Waals surface area (Å²) >= 11 is 0. The van der Waals surface area contributed by atoms with Crippen molar-refractivity contribution in [2.75, 3.05) is 20.1 Å². The normalized spacial score (nSPS) is 15.5. The van der Waals surface area contributed by atoms with Gasteiger partial charge in [0.2, 0.25) is 5.91 Å². The number of carbonyl (C=O) groups is 2. The fourth-order valence-electron chi connectivity index (χ4n) is 2.92. The third-order valence-corrected chi connectivity index (χ3v) is 4.41. The lowest BCUT2D eigenvalue weighted by Gasteiger charge is -2.31. The molecule has 1 aliphatic heterocycles. The van der Waals surface area contributed by atoms with Gasteiger partial charge in [-0.05, 0) is 36.6 Å². The molecule has 1 saturated heterocycles. The standard InChI is InChI=1S/C18H21N5O2/c1-19-18(25)15-5-2-14(3-6-15)4-7-17(24)22-10-8-16(9-11-22)23-13-20-12-21-23/h2-7,12-13,16H,8-11H2,1H3,(H,19,25)/b7-4+. The van der Waals surface area contributed by atoms with Crippen LogP contribution in [0.4, 0.5) is 0 Å². The van der Waals surface area contributed by atoms with Crippen molar-refractivity contribution in [2.45, 2.75) is 18.9 Å². The summed E-state index contributed by atoms with van der Waals surface area (Å²) in [6, 6.07) is 7.45. The summed E-state index contributed by atoms with van der Waals surface area (Å²) in [6.07, 6.45) is 8.39. The number of piperidine rings is 1. The molecule has 0 atom stereocenters. The van der Waals surface area contributed by atoms with Gasteiger partial charge >= 0.3 is 0 Å². The van der Waals surface area contributed by atoms with E-state index in [1.807, 2.05) is 21.7 Å². The van der Waals surface area contributed by atoms with Gasteiger partial charge in [0.05, 0.1) is 6.04 Å². The summed E-state index contributed by atoms with van der Waals surface area (Å²) in [4.78, 5) is 29.7. The summed E-state index contributed by atoms with van der Waals surface area (Å²) in [5.74, 6) is -0.116. The summed E-state index contributed by atoms with van der Waals surface area (Å²) < 4.78 is 1.87. The van der Waals surface area contributed by atoms with Gasteiger partial charge in [0, 0.05) is 31.8 Å². The van der Waals surface area contributed by atoms with E-state index in [4.69, 9.17) is 0 Å². The maximum atomic E-state index is 12.3. The van der Waals surface area contributed by atoms with Crippen LogP contribution in [0.1, 0.15) is 34.8 Å². The zero-order valence-electron chi connectivity index (χ0n) is 14.1. The van der Waals surface area contributed by atoms with Crippen LogP contribution in [0, 0.1) is 0 Å². The van der Waals surface area contributed by atoms with Gasteiger partial charge in [-0.15, -0.1) is 0 Å². The summed E-state index contributed by atoms with van der Waals surface area (Å²) in [7, 11) is 1.60. The van der Waals surface area contributed by atoms with Gasteiger partial charge in [-0.25, -0.2) is 9.67 Å². The van der Waals surface area contributed by atoms with Crippen LogP contribution in [0.25, 0.3) is 6.08 Å². The lowest BCUT2D eigenvalue weighted by Crippen LogP contribution is -2.38. The van der Waals surface area contributed by atoms with Crippen molar-refractivity contribution in [3.8, 4) is 0 Å². The number of hydrogen-bond donors (Lipinski definition) is 1. The van der Waals surface area contributed by atoms with E-state index in [1.165, 1.54) is 6.33 Å². The number of likely N-dealkylation sites (tertiary alicyclic amines) is 1. The molecule has 7 heteroatoms. The van der Waals surface area contributed by atoms with Gasteiger partial charge in [-0.3, -0.25) is 9.59 Å². The van der Waals surface area contributed by atoms with Gasteiger partial charge in [-0.2, -0.15) is 5.10 Å². The average molecular weight is 339 g/mol. The van der Waals surface area contributed by atoms with E-state index >= 15 is 0 Å². The second-order valence-electron chi connectivity index (χ2n) is 5.97. The molecule has 2 heterocycles. The van der Waals surface area contributed by atoms with E-state index in [0.717, 1.165) is 18.4 Å². The van der Waals surface area contributed by atoms with Crippen molar-refractivity contribution in [3.05, 3.63) is 54.1 Å². The third-order valence-electron chi connectivity index (χ3n) is 4.41. The first-order valence-corrected chi connectivity index (χ1v) is 8.30. The van der Waals surface area contributed by atoms with Crippen LogP contribution in [0.5, 0.6) is 0 Å². The predicted molar refractivity (Wildman–Crippen MR) is 93.7 cm³/mol. The number of carbonyl (C=O) groups excluding carboxylic acids is 2. The molecule has 1 aliphatic rings. The van der Waals surface area contributed by atoms with E-state index in [2.05, 4.69) is 15.4 Å². The van der Waals surface area contributed by atoms with Crippen molar-refractivity contribution >= 4 is 17.9 Å². The highest BCUT2D eigenvalue weighted by Crippen LogP contribution is 2.21. The maximum absolute atomic E-state index is 12.3. The first kappa shape index (κ1) is 16.9. The summed E-state index contributed by atoms with van der Waals surface area (Å²) in [6.45, 7) is 1.42. The van der Waals surface area contributed by atoms with Crippen LogP contribution in [-0.4, -0.2) is 51.6 Å². The molecule has 0 radical (unpaired) electrons. The van der Waals surface area contributed by atoms with Crippen LogP contribution < -0.4 is 5.32 Å². The molecular weight excluding hydrogens is 318 g/mol. The number of hydrogen-bond acceptors (Lipinski definition) is 4. The molecule has 2 aromatic rings. The van der Waals surface area contributed by atoms with Crippen LogP contribution in [-0.2, 0) is 4.79 Å². The molecule has 1 fully saturated rings. The molecule has 1 aromatic carbocycles. The Bertz CT molecular complexity index is 744. The summed E-state index contributed by atoms with van der Waals surface area (Å²) in [5, 5.41) is 6.75. The molecule has 0 spiro atoms. The average Bonchev–Trinajstić information content (AvgIpc) is 3.21. The molecule has 1 N–H and O–H groups in total. The van der Waals surface area contributed by atoms with E-state index in [-0.39, 0.29) is 11.8 Å². The van der Waals surface area contributed by atoms with Gasteiger partial charge in [0.25, 0.3) is 5.91 Å². The quantitative estimate of drug-likeness (QED) is 0.857. The maximum Gasteiger partial charge on any atom is 0.251 e. The first-order valence-electron chi connectivity index (χ1n) is 8.30. The molecule has 0 saturated carbocycles. The Morgan fingerprint density at radius 2 is 1.92 bits per heavy atom. The lowest BCUT2D eigenvalue weighted by atomic mass is 10.1. The minimum atomic E-state index is -0.123. The number of rotatable bonds is 4. The van der Waals surface area contributed by atoms with E-state index in [9.17, 15) is 9.59 Å². The van der Waals surface area contributed by atoms with Crippen molar-refractivity contribution in [2.24, 2.45) is 0 Å². The van der Waals surface area contributed by atoms with Gasteiger partial charge in [-0.1, -0.05) is 12.1 Å². The van der Waals surface area contributed by atoms with Crippen LogP contribution in [0.3, 0.4) is 0 Å². The molecule has 25 heavy (non-hydrogen) atoms. The minimum Gasteiger partial charge on any atom is -0.355 e. The van der Waals surface area contributed by atoms with Gasteiger partial charge in [0.1, 0.15) is 12.7 Å². The van der Waals surface area contributed by atoms with Gasteiger partial charge < -0.3 is 10.2 Å². The van der Waals surface area contributed by atoms with Crippen LogP contribution >= 0.6 is 0 Å². The van der Waals surface area contributed by atoms with E-state index in [1.54, 1.807) is 37.7 Å². The Balaban J connectivity index is 1.54. The molecule has 2 amide bonds. The number of nitrogens with zero attached hydrogens (tertiary/aromatic N) is 4. The van der Waals surface area contributed by atoms with E-state index in [0.29, 0.717) is 24.7 Å². The molecule has 3 rings (SSSR count). The van der Waals surface area contributed by atoms with Crippen LogP contribution in [0.15, 0.2) is 43.0 Å². The highest BCUT2D eigenvalue weighted by atomic mass is 16.2. The van der Waals surface area contributed by atoms with Crippen LogP contribution in [0.2, 0.25) is 0 Å². The Hall–Kier alpha value is -2.96. The lowest BCUT2D eigenvalue weighted by molar-refractivity contribution is -0.127. The van der Waals surface area contributed by atoms with Crippen molar-refractivity contribution in [1.82, 2.24) is 25.0 Å².